The first kappa shape index (κ1) is 18.7. The fourth-order valence-electron chi connectivity index (χ4n) is 3.50. The van der Waals surface area contributed by atoms with Gasteiger partial charge in [-0.25, -0.2) is 0 Å². The van der Waals surface area contributed by atoms with Crippen molar-refractivity contribution in [3.63, 3.8) is 0 Å². The Bertz CT molecular complexity index is 722. The molecule has 2 aromatic carbocycles. The number of nitrogens with zero attached hydrogens (tertiary/aromatic N) is 2. The number of aryl methyl sites for hydroxylation is 1. The predicted molar refractivity (Wildman–Crippen MR) is 98.0 cm³/mol. The minimum atomic E-state index is 0. The SMILES string of the molecule is Cc1ccc(C(C)C)c(C2=CN(C)C(c3ccccc3)N2C)c1.[Ru]. The van der Waals surface area contributed by atoms with Gasteiger partial charge in [0, 0.05) is 45.3 Å². The molecule has 1 aliphatic rings. The van der Waals surface area contributed by atoms with Crippen LogP contribution in [0.25, 0.3) is 5.70 Å². The summed E-state index contributed by atoms with van der Waals surface area (Å²) in [5.74, 6) is 0.515. The van der Waals surface area contributed by atoms with Crippen molar-refractivity contribution in [2.24, 2.45) is 0 Å². The average molecular weight is 408 g/mol. The van der Waals surface area contributed by atoms with Crippen LogP contribution in [-0.4, -0.2) is 23.9 Å². The third kappa shape index (κ3) is 3.42. The second-order valence-corrected chi connectivity index (χ2v) is 6.82. The van der Waals surface area contributed by atoms with Gasteiger partial charge >= 0.3 is 0 Å². The number of rotatable bonds is 3. The van der Waals surface area contributed by atoms with Gasteiger partial charge < -0.3 is 9.80 Å². The largest absolute Gasteiger partial charge is 0.355 e. The first-order valence-electron chi connectivity index (χ1n) is 8.31. The smallest absolute Gasteiger partial charge is 0.127 e. The Kier molecular flexibility index (Phi) is 5.88. The van der Waals surface area contributed by atoms with Gasteiger partial charge in [0.2, 0.25) is 0 Å². The molecule has 0 spiro atoms. The van der Waals surface area contributed by atoms with Crippen LogP contribution in [0.15, 0.2) is 54.7 Å². The van der Waals surface area contributed by atoms with Crippen molar-refractivity contribution in [2.45, 2.75) is 32.9 Å². The summed E-state index contributed by atoms with van der Waals surface area (Å²) in [4.78, 5) is 4.69. The van der Waals surface area contributed by atoms with Gasteiger partial charge in [0.1, 0.15) is 6.17 Å². The third-order valence-corrected chi connectivity index (χ3v) is 4.66. The van der Waals surface area contributed by atoms with E-state index in [9.17, 15) is 0 Å². The standard InChI is InChI=1S/C21H26N2.Ru/c1-15(2)18-12-11-16(3)13-19(18)20-14-22(4)21(23(20)5)17-9-7-6-8-10-17;/h6-15,21H,1-5H3;. The topological polar surface area (TPSA) is 6.48 Å². The van der Waals surface area contributed by atoms with E-state index in [0.29, 0.717) is 5.92 Å². The third-order valence-electron chi connectivity index (χ3n) is 4.66. The van der Waals surface area contributed by atoms with Crippen LogP contribution < -0.4 is 0 Å². The zero-order valence-electron chi connectivity index (χ0n) is 15.1. The van der Waals surface area contributed by atoms with E-state index in [2.05, 4.69) is 99.4 Å². The molecule has 1 heterocycles. The van der Waals surface area contributed by atoms with E-state index in [1.807, 2.05) is 0 Å². The normalized spacial score (nSPS) is 17.1. The van der Waals surface area contributed by atoms with E-state index in [1.54, 1.807) is 0 Å². The second kappa shape index (κ2) is 7.53. The summed E-state index contributed by atoms with van der Waals surface area (Å²) in [6.07, 6.45) is 2.53. The van der Waals surface area contributed by atoms with Crippen LogP contribution in [0.4, 0.5) is 0 Å². The molecule has 24 heavy (non-hydrogen) atoms. The van der Waals surface area contributed by atoms with Gasteiger partial charge in [-0.1, -0.05) is 61.9 Å². The monoisotopic (exact) mass is 408 g/mol. The predicted octanol–water partition coefficient (Wildman–Crippen LogP) is 4.99. The molecule has 128 valence electrons. The van der Waals surface area contributed by atoms with Gasteiger partial charge in [0.05, 0.1) is 5.70 Å². The van der Waals surface area contributed by atoms with E-state index in [1.165, 1.54) is 28.0 Å². The minimum absolute atomic E-state index is 0. The van der Waals surface area contributed by atoms with Crippen molar-refractivity contribution in [3.05, 3.63) is 77.0 Å². The van der Waals surface area contributed by atoms with Crippen molar-refractivity contribution in [1.29, 1.82) is 0 Å². The van der Waals surface area contributed by atoms with Gasteiger partial charge in [-0.15, -0.1) is 0 Å². The van der Waals surface area contributed by atoms with Crippen LogP contribution in [0.2, 0.25) is 0 Å². The van der Waals surface area contributed by atoms with Crippen molar-refractivity contribution >= 4 is 5.70 Å². The van der Waals surface area contributed by atoms with E-state index in [4.69, 9.17) is 0 Å². The number of hydrogen-bond donors (Lipinski definition) is 0. The van der Waals surface area contributed by atoms with Crippen LogP contribution in [0.5, 0.6) is 0 Å². The molecular weight excluding hydrogens is 381 g/mol. The molecule has 1 atom stereocenters. The molecule has 2 nitrogen and oxygen atoms in total. The first-order chi connectivity index (χ1) is 11.0. The van der Waals surface area contributed by atoms with Crippen molar-refractivity contribution in [3.8, 4) is 0 Å². The quantitative estimate of drug-likeness (QED) is 0.662. The van der Waals surface area contributed by atoms with Crippen molar-refractivity contribution in [2.75, 3.05) is 14.1 Å². The van der Waals surface area contributed by atoms with Crippen LogP contribution in [0.3, 0.4) is 0 Å². The molecule has 1 aliphatic heterocycles. The van der Waals surface area contributed by atoms with Crippen LogP contribution >= 0.6 is 0 Å². The van der Waals surface area contributed by atoms with Crippen molar-refractivity contribution < 1.29 is 19.5 Å². The van der Waals surface area contributed by atoms with Gasteiger partial charge in [-0.2, -0.15) is 0 Å². The molecule has 3 rings (SSSR count). The van der Waals surface area contributed by atoms with Gasteiger partial charge in [-0.3, -0.25) is 0 Å². The zero-order chi connectivity index (χ0) is 16.6. The molecule has 3 heteroatoms. The maximum Gasteiger partial charge on any atom is 0.127 e. The molecule has 0 radical (unpaired) electrons. The van der Waals surface area contributed by atoms with Gasteiger partial charge in [0.25, 0.3) is 0 Å². The Balaban J connectivity index is 0.00000208. The average Bonchev–Trinajstić information content (AvgIpc) is 2.82. The Morgan fingerprint density at radius 2 is 1.62 bits per heavy atom. The maximum atomic E-state index is 2.38. The summed E-state index contributed by atoms with van der Waals surface area (Å²) in [5, 5.41) is 0. The molecule has 0 N–H and O–H groups in total. The molecule has 0 saturated carbocycles. The zero-order valence-corrected chi connectivity index (χ0v) is 16.8. The Hall–Kier alpha value is -1.60. The maximum absolute atomic E-state index is 2.38. The number of benzene rings is 2. The fourth-order valence-corrected chi connectivity index (χ4v) is 3.50. The molecular formula is C21H26N2Ru. The molecule has 0 fully saturated rings. The molecule has 0 aliphatic carbocycles. The molecule has 0 bridgehead atoms. The van der Waals surface area contributed by atoms with Crippen LogP contribution in [0.1, 0.15) is 48.2 Å². The summed E-state index contributed by atoms with van der Waals surface area (Å²) in [5.41, 5.74) is 6.70. The molecule has 0 saturated heterocycles. The summed E-state index contributed by atoms with van der Waals surface area (Å²) in [6.45, 7) is 6.70. The summed E-state index contributed by atoms with van der Waals surface area (Å²) in [7, 11) is 4.35. The van der Waals surface area contributed by atoms with E-state index in [0.717, 1.165) is 0 Å². The second-order valence-electron chi connectivity index (χ2n) is 6.82. The summed E-state index contributed by atoms with van der Waals surface area (Å²) >= 11 is 0. The summed E-state index contributed by atoms with van der Waals surface area (Å²) < 4.78 is 0. The van der Waals surface area contributed by atoms with E-state index in [-0.39, 0.29) is 25.6 Å². The Morgan fingerprint density at radius 1 is 0.958 bits per heavy atom. The van der Waals surface area contributed by atoms with Crippen molar-refractivity contribution in [1.82, 2.24) is 9.80 Å². The number of hydrogen-bond acceptors (Lipinski definition) is 2. The fraction of sp³-hybridized carbons (Fsp3) is 0.333. The first-order valence-corrected chi connectivity index (χ1v) is 8.31. The van der Waals surface area contributed by atoms with E-state index >= 15 is 0 Å². The van der Waals surface area contributed by atoms with Crippen LogP contribution in [-0.2, 0) is 19.5 Å². The summed E-state index contributed by atoms with van der Waals surface area (Å²) in [6, 6.07) is 17.5. The minimum Gasteiger partial charge on any atom is -0.355 e. The Morgan fingerprint density at radius 3 is 2.25 bits per heavy atom. The van der Waals surface area contributed by atoms with Crippen LogP contribution in [0, 0.1) is 6.92 Å². The Labute approximate surface area is 158 Å². The van der Waals surface area contributed by atoms with Gasteiger partial charge in [0.15, 0.2) is 0 Å². The molecule has 0 amide bonds. The van der Waals surface area contributed by atoms with Gasteiger partial charge in [-0.05, 0) is 30.0 Å². The molecule has 1 unspecified atom stereocenters. The van der Waals surface area contributed by atoms with E-state index < -0.39 is 0 Å². The molecule has 0 aromatic heterocycles. The molecule has 2 aromatic rings.